The maximum absolute atomic E-state index is 2.46. The van der Waals surface area contributed by atoms with Crippen LogP contribution in [0.5, 0.6) is 0 Å². The summed E-state index contributed by atoms with van der Waals surface area (Å²) in [6, 6.07) is 32.7. The molecule has 0 fully saturated rings. The molecule has 4 rings (SSSR count). The number of allylic oxidation sites excluding steroid dienone is 4. The summed E-state index contributed by atoms with van der Waals surface area (Å²) in [5.74, 6) is 0. The van der Waals surface area contributed by atoms with Crippen molar-refractivity contribution in [3.8, 4) is 0 Å². The molecule has 0 bridgehead atoms. The summed E-state index contributed by atoms with van der Waals surface area (Å²) < 4.78 is 0. The van der Waals surface area contributed by atoms with Gasteiger partial charge in [-0.25, -0.2) is 0 Å². The zero-order valence-corrected chi connectivity index (χ0v) is 17.2. The van der Waals surface area contributed by atoms with Crippen LogP contribution >= 0.6 is 7.26 Å². The highest BCUT2D eigenvalue weighted by atomic mass is 31.2. The standard InChI is InChI=1S/C26H26P/c1-27(2,3)26-24(21-15-9-5-10-16-21)19-23(20-13-7-4-8-14-20)25(26)22-17-11-6-12-18-22/h4-19,26H,1-3H3/q+1/t26-/m0/s1. The summed E-state index contributed by atoms with van der Waals surface area (Å²) >= 11 is 0. The fourth-order valence-corrected chi connectivity index (χ4v) is 6.20. The minimum atomic E-state index is -1.19. The van der Waals surface area contributed by atoms with Gasteiger partial charge in [0.2, 0.25) is 0 Å². The van der Waals surface area contributed by atoms with Crippen LogP contribution in [0, 0.1) is 0 Å². The van der Waals surface area contributed by atoms with Crippen LogP contribution in [0.1, 0.15) is 16.7 Å². The summed E-state index contributed by atoms with van der Waals surface area (Å²) in [6.45, 7) is 7.39. The van der Waals surface area contributed by atoms with E-state index < -0.39 is 7.26 Å². The van der Waals surface area contributed by atoms with E-state index >= 15 is 0 Å². The first-order chi connectivity index (χ1) is 13.1. The molecule has 3 aromatic carbocycles. The molecule has 0 N–H and O–H groups in total. The number of hydrogen-bond acceptors (Lipinski definition) is 0. The smallest absolute Gasteiger partial charge is 0.0622 e. The Morgan fingerprint density at radius 1 is 0.556 bits per heavy atom. The van der Waals surface area contributed by atoms with E-state index in [9.17, 15) is 0 Å². The Balaban J connectivity index is 1.98. The fraction of sp³-hybridized carbons (Fsp3) is 0.154. The molecule has 134 valence electrons. The largest absolute Gasteiger partial charge is 0.120 e. The quantitative estimate of drug-likeness (QED) is 0.436. The molecule has 1 atom stereocenters. The maximum atomic E-state index is 2.46. The third-order valence-corrected chi connectivity index (χ3v) is 7.29. The Bertz CT molecular complexity index is 975. The van der Waals surface area contributed by atoms with Gasteiger partial charge in [-0.15, -0.1) is 0 Å². The van der Waals surface area contributed by atoms with Crippen LogP contribution in [0.3, 0.4) is 0 Å². The van der Waals surface area contributed by atoms with Crippen molar-refractivity contribution in [2.75, 3.05) is 20.0 Å². The van der Waals surface area contributed by atoms with Crippen molar-refractivity contribution < 1.29 is 0 Å². The summed E-state index contributed by atoms with van der Waals surface area (Å²) in [7, 11) is -1.19. The fourth-order valence-electron chi connectivity index (χ4n) is 4.08. The van der Waals surface area contributed by atoms with Crippen molar-refractivity contribution in [2.45, 2.75) is 5.66 Å². The van der Waals surface area contributed by atoms with Crippen molar-refractivity contribution in [1.29, 1.82) is 0 Å². The van der Waals surface area contributed by atoms with E-state index in [0.29, 0.717) is 5.66 Å². The van der Waals surface area contributed by atoms with Crippen LogP contribution in [-0.4, -0.2) is 25.7 Å². The second-order valence-electron chi connectivity index (χ2n) is 8.04. The van der Waals surface area contributed by atoms with Crippen molar-refractivity contribution in [2.24, 2.45) is 0 Å². The molecule has 0 aliphatic heterocycles. The lowest BCUT2D eigenvalue weighted by Gasteiger charge is -2.27. The van der Waals surface area contributed by atoms with Crippen LogP contribution in [0.25, 0.3) is 16.7 Å². The van der Waals surface area contributed by atoms with E-state index in [1.807, 2.05) is 0 Å². The summed E-state index contributed by atoms with van der Waals surface area (Å²) in [5, 5.41) is 0. The van der Waals surface area contributed by atoms with E-state index in [1.165, 1.54) is 33.4 Å². The van der Waals surface area contributed by atoms with Gasteiger partial charge in [0.1, 0.15) is 5.66 Å². The van der Waals surface area contributed by atoms with E-state index in [4.69, 9.17) is 0 Å². The van der Waals surface area contributed by atoms with Gasteiger partial charge in [-0.05, 0) is 28.3 Å². The molecule has 1 aliphatic rings. The molecular formula is C26H26P+. The molecular weight excluding hydrogens is 343 g/mol. The van der Waals surface area contributed by atoms with Crippen LogP contribution in [-0.2, 0) is 0 Å². The Morgan fingerprint density at radius 2 is 1.00 bits per heavy atom. The Labute approximate surface area is 163 Å². The molecule has 0 unspecified atom stereocenters. The highest BCUT2D eigenvalue weighted by molar-refractivity contribution is 7.75. The number of benzene rings is 3. The molecule has 0 radical (unpaired) electrons. The van der Waals surface area contributed by atoms with Gasteiger partial charge in [-0.3, -0.25) is 0 Å². The third-order valence-electron chi connectivity index (χ3n) is 5.21. The zero-order valence-electron chi connectivity index (χ0n) is 16.3. The van der Waals surface area contributed by atoms with Crippen LogP contribution in [0.15, 0.2) is 97.1 Å². The minimum Gasteiger partial charge on any atom is -0.0622 e. The van der Waals surface area contributed by atoms with E-state index in [1.54, 1.807) is 0 Å². The van der Waals surface area contributed by atoms with E-state index in [0.717, 1.165) is 0 Å². The topological polar surface area (TPSA) is 0 Å². The van der Waals surface area contributed by atoms with Crippen molar-refractivity contribution >= 4 is 24.0 Å². The highest BCUT2D eigenvalue weighted by Gasteiger charge is 2.43. The van der Waals surface area contributed by atoms with Crippen molar-refractivity contribution in [3.05, 3.63) is 114 Å². The molecule has 0 saturated heterocycles. The summed E-state index contributed by atoms with van der Waals surface area (Å²) in [4.78, 5) is 0. The molecule has 0 amide bonds. The first kappa shape index (κ1) is 18.0. The molecule has 1 heteroatoms. The summed E-state index contributed by atoms with van der Waals surface area (Å²) in [5.41, 5.74) is 8.78. The molecule has 0 nitrogen and oxygen atoms in total. The second-order valence-corrected chi connectivity index (χ2v) is 12.8. The first-order valence-electron chi connectivity index (χ1n) is 9.49. The molecule has 0 heterocycles. The zero-order chi connectivity index (χ0) is 18.9. The third kappa shape index (κ3) is 3.55. The van der Waals surface area contributed by atoms with Crippen molar-refractivity contribution in [3.63, 3.8) is 0 Å². The predicted molar refractivity (Wildman–Crippen MR) is 123 cm³/mol. The van der Waals surface area contributed by atoms with Gasteiger partial charge in [-0.2, -0.15) is 0 Å². The number of rotatable bonds is 4. The first-order valence-corrected chi connectivity index (χ1v) is 12.7. The molecule has 27 heavy (non-hydrogen) atoms. The van der Waals surface area contributed by atoms with Gasteiger partial charge in [0.05, 0.1) is 0 Å². The van der Waals surface area contributed by atoms with Crippen LogP contribution < -0.4 is 0 Å². The SMILES string of the molecule is C[P+](C)(C)[C@H]1C(c2ccccc2)=CC(c2ccccc2)=C1c1ccccc1. The molecule has 3 aromatic rings. The summed E-state index contributed by atoms with van der Waals surface area (Å²) in [6.07, 6.45) is 2.45. The average Bonchev–Trinajstić information content (AvgIpc) is 3.11. The van der Waals surface area contributed by atoms with Gasteiger partial charge >= 0.3 is 0 Å². The highest BCUT2D eigenvalue weighted by Crippen LogP contribution is 2.64. The lowest BCUT2D eigenvalue weighted by molar-refractivity contribution is 1.39. The van der Waals surface area contributed by atoms with Crippen LogP contribution in [0.4, 0.5) is 0 Å². The van der Waals surface area contributed by atoms with Gasteiger partial charge in [0, 0.05) is 38.4 Å². The number of hydrogen-bond donors (Lipinski definition) is 0. The Morgan fingerprint density at radius 3 is 1.48 bits per heavy atom. The Kier molecular flexibility index (Phi) is 4.85. The molecule has 0 aromatic heterocycles. The molecule has 1 aliphatic carbocycles. The van der Waals surface area contributed by atoms with E-state index in [2.05, 4.69) is 117 Å². The Hall–Kier alpha value is -2.43. The lowest BCUT2D eigenvalue weighted by atomic mass is 9.95. The second kappa shape index (κ2) is 7.29. The maximum Gasteiger partial charge on any atom is 0.120 e. The van der Waals surface area contributed by atoms with Gasteiger partial charge < -0.3 is 0 Å². The molecule has 0 spiro atoms. The normalized spacial score (nSPS) is 17.1. The molecule has 0 saturated carbocycles. The van der Waals surface area contributed by atoms with Gasteiger partial charge in [0.25, 0.3) is 0 Å². The van der Waals surface area contributed by atoms with Crippen molar-refractivity contribution in [1.82, 2.24) is 0 Å². The monoisotopic (exact) mass is 369 g/mol. The van der Waals surface area contributed by atoms with Crippen LogP contribution in [0.2, 0.25) is 0 Å². The van der Waals surface area contributed by atoms with Gasteiger partial charge in [0.15, 0.2) is 0 Å². The van der Waals surface area contributed by atoms with Gasteiger partial charge in [-0.1, -0.05) is 91.0 Å². The lowest BCUT2D eigenvalue weighted by Crippen LogP contribution is -2.14. The minimum absolute atomic E-state index is 0.456. The van der Waals surface area contributed by atoms with E-state index in [-0.39, 0.29) is 0 Å². The predicted octanol–water partition coefficient (Wildman–Crippen LogP) is 6.97. The average molecular weight is 369 g/mol.